The molecule has 0 spiro atoms. The van der Waals surface area contributed by atoms with Crippen molar-refractivity contribution in [1.82, 2.24) is 4.72 Å². The van der Waals surface area contributed by atoms with Crippen molar-refractivity contribution in [2.24, 2.45) is 5.92 Å². The molecular weight excluding hydrogens is 336 g/mol. The lowest BCUT2D eigenvalue weighted by Crippen LogP contribution is -2.46. The summed E-state index contributed by atoms with van der Waals surface area (Å²) >= 11 is 0. The highest BCUT2D eigenvalue weighted by atomic mass is 32.2. The normalized spacial score (nSPS) is 21.8. The quantitative estimate of drug-likeness (QED) is 0.838. The number of hydrogen-bond donors (Lipinski definition) is 2. The topological polar surface area (TPSA) is 75.3 Å². The Hall–Kier alpha value is -1.40. The smallest absolute Gasteiger partial charge is 0.227 e. The molecule has 1 saturated carbocycles. The average Bonchev–Trinajstić information content (AvgIpc) is 2.54. The molecule has 1 aromatic rings. The van der Waals surface area contributed by atoms with Gasteiger partial charge in [-0.05, 0) is 70.6 Å². The molecule has 0 atom stereocenters. The lowest BCUT2D eigenvalue weighted by atomic mass is 9.86. The second-order valence-corrected chi connectivity index (χ2v) is 10.3. The second kappa shape index (κ2) is 7.87. The van der Waals surface area contributed by atoms with Crippen LogP contribution in [0.4, 0.5) is 5.69 Å². The first kappa shape index (κ1) is 19.9. The Morgan fingerprint density at radius 1 is 1.16 bits per heavy atom. The van der Waals surface area contributed by atoms with E-state index < -0.39 is 14.8 Å². The van der Waals surface area contributed by atoms with Gasteiger partial charge in [0.25, 0.3) is 0 Å². The standard InChI is InChI=1S/C19H30N2O3S/c1-5-14-7-6-8-17(13-14)20-18(22)15-9-11-16(12-10-15)21-25(23,24)19(2,3)4/h6-8,13,15-16,21H,5,9-12H2,1-4H3,(H,20,22). The van der Waals surface area contributed by atoms with Gasteiger partial charge in [0, 0.05) is 17.6 Å². The van der Waals surface area contributed by atoms with Crippen LogP contribution in [-0.4, -0.2) is 25.1 Å². The predicted molar refractivity (Wildman–Crippen MR) is 102 cm³/mol. The largest absolute Gasteiger partial charge is 0.326 e. The Morgan fingerprint density at radius 2 is 1.80 bits per heavy atom. The molecule has 5 nitrogen and oxygen atoms in total. The molecular formula is C19H30N2O3S. The molecule has 1 aliphatic rings. The summed E-state index contributed by atoms with van der Waals surface area (Å²) in [7, 11) is -3.34. The number of hydrogen-bond acceptors (Lipinski definition) is 3. The first-order valence-electron chi connectivity index (χ1n) is 9.04. The SMILES string of the molecule is CCc1cccc(NC(=O)C2CCC(NS(=O)(=O)C(C)(C)C)CC2)c1. The summed E-state index contributed by atoms with van der Waals surface area (Å²) in [5.74, 6) is -0.0222. The van der Waals surface area contributed by atoms with Gasteiger partial charge < -0.3 is 5.32 Å². The van der Waals surface area contributed by atoms with Gasteiger partial charge in [-0.1, -0.05) is 19.1 Å². The summed E-state index contributed by atoms with van der Waals surface area (Å²) in [6.45, 7) is 7.16. The van der Waals surface area contributed by atoms with Crippen LogP contribution in [0.1, 0.15) is 58.9 Å². The summed E-state index contributed by atoms with van der Waals surface area (Å²) in [4.78, 5) is 12.5. The van der Waals surface area contributed by atoms with Crippen molar-refractivity contribution in [3.8, 4) is 0 Å². The summed E-state index contributed by atoms with van der Waals surface area (Å²) < 4.78 is 26.5. The van der Waals surface area contributed by atoms with Crippen molar-refractivity contribution in [3.63, 3.8) is 0 Å². The third-order valence-electron chi connectivity index (χ3n) is 4.83. The zero-order valence-electron chi connectivity index (χ0n) is 15.6. The van der Waals surface area contributed by atoms with E-state index in [9.17, 15) is 13.2 Å². The third kappa shape index (κ3) is 5.28. The minimum atomic E-state index is -3.34. The molecule has 0 unspecified atom stereocenters. The fraction of sp³-hybridized carbons (Fsp3) is 0.632. The third-order valence-corrected chi connectivity index (χ3v) is 7.08. The minimum Gasteiger partial charge on any atom is -0.326 e. The Morgan fingerprint density at radius 3 is 2.36 bits per heavy atom. The van der Waals surface area contributed by atoms with Crippen molar-refractivity contribution in [1.29, 1.82) is 0 Å². The molecule has 0 aromatic heterocycles. The van der Waals surface area contributed by atoms with Gasteiger partial charge in [0.2, 0.25) is 15.9 Å². The van der Waals surface area contributed by atoms with Gasteiger partial charge in [0.1, 0.15) is 0 Å². The fourth-order valence-corrected chi connectivity index (χ4v) is 4.01. The number of amides is 1. The highest BCUT2D eigenvalue weighted by Gasteiger charge is 2.34. The molecule has 0 radical (unpaired) electrons. The molecule has 1 amide bonds. The monoisotopic (exact) mass is 366 g/mol. The first-order chi connectivity index (χ1) is 11.6. The molecule has 140 valence electrons. The maximum absolute atomic E-state index is 12.5. The number of rotatable bonds is 5. The molecule has 0 bridgehead atoms. The molecule has 1 aromatic carbocycles. The van der Waals surface area contributed by atoms with E-state index in [0.29, 0.717) is 25.7 Å². The molecule has 25 heavy (non-hydrogen) atoms. The van der Waals surface area contributed by atoms with E-state index in [4.69, 9.17) is 0 Å². The number of sulfonamides is 1. The van der Waals surface area contributed by atoms with Crippen LogP contribution in [-0.2, 0) is 21.2 Å². The Balaban J connectivity index is 1.88. The van der Waals surface area contributed by atoms with E-state index >= 15 is 0 Å². The van der Waals surface area contributed by atoms with Crippen molar-refractivity contribution in [2.75, 3.05) is 5.32 Å². The van der Waals surface area contributed by atoms with Crippen molar-refractivity contribution in [3.05, 3.63) is 29.8 Å². The lowest BCUT2D eigenvalue weighted by Gasteiger charge is -2.30. The van der Waals surface area contributed by atoms with Crippen LogP contribution >= 0.6 is 0 Å². The maximum Gasteiger partial charge on any atom is 0.227 e. The van der Waals surface area contributed by atoms with Gasteiger partial charge in [-0.15, -0.1) is 0 Å². The molecule has 1 aliphatic carbocycles. The Kier molecular flexibility index (Phi) is 6.27. The van der Waals surface area contributed by atoms with Crippen molar-refractivity contribution in [2.45, 2.75) is 70.6 Å². The van der Waals surface area contributed by atoms with E-state index in [0.717, 1.165) is 12.1 Å². The van der Waals surface area contributed by atoms with Crippen LogP contribution < -0.4 is 10.0 Å². The van der Waals surface area contributed by atoms with E-state index in [-0.39, 0.29) is 17.9 Å². The summed E-state index contributed by atoms with van der Waals surface area (Å²) in [5, 5.41) is 3.00. The Bertz CT molecular complexity index is 700. The van der Waals surface area contributed by atoms with Crippen LogP contribution in [0.5, 0.6) is 0 Å². The van der Waals surface area contributed by atoms with Gasteiger partial charge in [-0.3, -0.25) is 4.79 Å². The molecule has 0 saturated heterocycles. The van der Waals surface area contributed by atoms with Gasteiger partial charge >= 0.3 is 0 Å². The van der Waals surface area contributed by atoms with E-state index in [1.807, 2.05) is 24.3 Å². The minimum absolute atomic E-state index is 0.0328. The number of aryl methyl sites for hydroxylation is 1. The van der Waals surface area contributed by atoms with Crippen molar-refractivity contribution < 1.29 is 13.2 Å². The van der Waals surface area contributed by atoms with Gasteiger partial charge in [0.05, 0.1) is 4.75 Å². The predicted octanol–water partition coefficient (Wildman–Crippen LogP) is 3.46. The summed E-state index contributed by atoms with van der Waals surface area (Å²) in [6.07, 6.45) is 3.74. The highest BCUT2D eigenvalue weighted by molar-refractivity contribution is 7.90. The molecule has 2 rings (SSSR count). The summed E-state index contributed by atoms with van der Waals surface area (Å²) in [6, 6.07) is 7.83. The summed E-state index contributed by atoms with van der Waals surface area (Å²) in [5.41, 5.74) is 2.03. The first-order valence-corrected chi connectivity index (χ1v) is 10.5. The van der Waals surface area contributed by atoms with E-state index in [1.54, 1.807) is 20.8 Å². The fourth-order valence-electron chi connectivity index (χ4n) is 2.98. The van der Waals surface area contributed by atoms with Crippen LogP contribution in [0.3, 0.4) is 0 Å². The van der Waals surface area contributed by atoms with Crippen LogP contribution in [0.25, 0.3) is 0 Å². The van der Waals surface area contributed by atoms with Gasteiger partial charge in [0.15, 0.2) is 0 Å². The van der Waals surface area contributed by atoms with Gasteiger partial charge in [-0.25, -0.2) is 13.1 Å². The zero-order chi connectivity index (χ0) is 18.7. The zero-order valence-corrected chi connectivity index (χ0v) is 16.4. The number of carbonyl (C=O) groups excluding carboxylic acids is 1. The van der Waals surface area contributed by atoms with E-state index in [1.165, 1.54) is 5.56 Å². The van der Waals surface area contributed by atoms with Crippen LogP contribution in [0, 0.1) is 5.92 Å². The number of nitrogens with one attached hydrogen (secondary N) is 2. The van der Waals surface area contributed by atoms with Crippen molar-refractivity contribution >= 4 is 21.6 Å². The Labute approximate surface area is 151 Å². The second-order valence-electron chi connectivity index (χ2n) is 7.83. The highest BCUT2D eigenvalue weighted by Crippen LogP contribution is 2.27. The molecule has 2 N–H and O–H groups in total. The molecule has 6 heteroatoms. The number of anilines is 1. The van der Waals surface area contributed by atoms with Crippen LogP contribution in [0.2, 0.25) is 0 Å². The molecule has 0 aliphatic heterocycles. The number of benzene rings is 1. The van der Waals surface area contributed by atoms with Crippen LogP contribution in [0.15, 0.2) is 24.3 Å². The number of carbonyl (C=O) groups is 1. The molecule has 0 heterocycles. The average molecular weight is 367 g/mol. The maximum atomic E-state index is 12.5. The molecule has 1 fully saturated rings. The van der Waals surface area contributed by atoms with E-state index in [2.05, 4.69) is 17.0 Å². The lowest BCUT2D eigenvalue weighted by molar-refractivity contribution is -0.120. The van der Waals surface area contributed by atoms with Gasteiger partial charge in [-0.2, -0.15) is 0 Å².